The molecule has 4 amide bonds. The van der Waals surface area contributed by atoms with Crippen molar-refractivity contribution in [2.45, 2.75) is 19.0 Å². The molecule has 2 aromatic rings. The molecule has 1 unspecified atom stereocenters. The van der Waals surface area contributed by atoms with Gasteiger partial charge in [0.15, 0.2) is 0 Å². The van der Waals surface area contributed by atoms with E-state index in [1.54, 1.807) is 43.3 Å². The second-order valence-corrected chi connectivity index (χ2v) is 6.27. The summed E-state index contributed by atoms with van der Waals surface area (Å²) in [6.07, 6.45) is 0. The summed E-state index contributed by atoms with van der Waals surface area (Å²) in [5.74, 6) is -1.51. The smallest absolute Gasteiger partial charge is 0.311 e. The normalized spacial score (nSPS) is 21.5. The van der Waals surface area contributed by atoms with E-state index >= 15 is 0 Å². The van der Waals surface area contributed by atoms with Gasteiger partial charge in [-0.05, 0) is 30.7 Å². The van der Waals surface area contributed by atoms with Crippen molar-refractivity contribution >= 4 is 23.5 Å². The number of amides is 4. The van der Waals surface area contributed by atoms with Crippen LogP contribution >= 0.6 is 0 Å². The molecule has 0 aliphatic carbocycles. The number of imide groups is 1. The Morgan fingerprint density at radius 2 is 1.73 bits per heavy atom. The molecule has 1 fully saturated rings. The van der Waals surface area contributed by atoms with Gasteiger partial charge in [0.1, 0.15) is 5.82 Å². The fraction of sp³-hybridized carbons (Fsp3) is 0.211. The molecule has 2 heterocycles. The van der Waals surface area contributed by atoms with Crippen molar-refractivity contribution in [3.8, 4) is 0 Å². The maximum absolute atomic E-state index is 13.5. The molecular formula is C19H16FN3O3. The summed E-state index contributed by atoms with van der Waals surface area (Å²) in [4.78, 5) is 40.9. The largest absolute Gasteiger partial charge is 0.325 e. The third-order valence-electron chi connectivity index (χ3n) is 4.82. The lowest BCUT2D eigenvalue weighted by Gasteiger charge is -2.22. The number of benzene rings is 2. The third-order valence-corrected chi connectivity index (χ3v) is 4.82. The standard InChI is InChI=1S/C19H16FN3O3/c1-2-22-16(24)19(21-18(22)26)14-8-3-4-9-15(14)23(17(19)25)11-12-6-5-7-13(20)10-12/h3-10H,2,11H2,1H3,(H,21,26). The lowest BCUT2D eigenvalue weighted by molar-refractivity contribution is -0.138. The van der Waals surface area contributed by atoms with Crippen molar-refractivity contribution in [1.82, 2.24) is 10.2 Å². The second-order valence-electron chi connectivity index (χ2n) is 6.27. The van der Waals surface area contributed by atoms with Crippen LogP contribution in [0.2, 0.25) is 0 Å². The first kappa shape index (κ1) is 16.3. The van der Waals surface area contributed by atoms with Crippen LogP contribution in [0.25, 0.3) is 0 Å². The highest BCUT2D eigenvalue weighted by molar-refractivity contribution is 6.27. The zero-order valence-corrected chi connectivity index (χ0v) is 14.0. The Bertz CT molecular complexity index is 945. The Morgan fingerprint density at radius 1 is 1.00 bits per heavy atom. The van der Waals surface area contributed by atoms with Crippen LogP contribution in [0.4, 0.5) is 14.9 Å². The predicted octanol–water partition coefficient (Wildman–Crippen LogP) is 2.14. The molecule has 0 saturated carbocycles. The molecule has 0 radical (unpaired) electrons. The number of fused-ring (bicyclic) bond motifs is 2. The molecule has 6 nitrogen and oxygen atoms in total. The molecule has 1 atom stereocenters. The van der Waals surface area contributed by atoms with Crippen LogP contribution in [0.15, 0.2) is 48.5 Å². The zero-order chi connectivity index (χ0) is 18.5. The Hall–Kier alpha value is -3.22. The first-order valence-electron chi connectivity index (χ1n) is 8.29. The number of anilines is 1. The van der Waals surface area contributed by atoms with E-state index in [2.05, 4.69) is 5.32 Å². The molecule has 2 aliphatic heterocycles. The van der Waals surface area contributed by atoms with Gasteiger partial charge in [0.05, 0.1) is 12.2 Å². The summed E-state index contributed by atoms with van der Waals surface area (Å²) in [7, 11) is 0. The molecule has 0 bridgehead atoms. The minimum Gasteiger partial charge on any atom is -0.311 e. The van der Waals surface area contributed by atoms with E-state index in [0.717, 1.165) is 4.90 Å². The summed E-state index contributed by atoms with van der Waals surface area (Å²) in [5, 5.41) is 2.59. The van der Waals surface area contributed by atoms with Crippen LogP contribution in [-0.2, 0) is 21.7 Å². The SMILES string of the molecule is CCN1C(=O)NC2(C1=O)C(=O)N(Cc1cccc(F)c1)c1ccccc12. The average Bonchev–Trinajstić information content (AvgIpc) is 3.02. The number of hydrogen-bond acceptors (Lipinski definition) is 3. The molecule has 7 heteroatoms. The van der Waals surface area contributed by atoms with Crippen LogP contribution in [0.3, 0.4) is 0 Å². The van der Waals surface area contributed by atoms with Crippen LogP contribution in [0.1, 0.15) is 18.1 Å². The quantitative estimate of drug-likeness (QED) is 0.679. The van der Waals surface area contributed by atoms with Crippen LogP contribution < -0.4 is 10.2 Å². The number of para-hydroxylation sites is 1. The summed E-state index contributed by atoms with van der Waals surface area (Å²) in [5.41, 5.74) is -0.171. The first-order valence-corrected chi connectivity index (χ1v) is 8.29. The number of halogens is 1. The van der Waals surface area contributed by atoms with Gasteiger partial charge >= 0.3 is 6.03 Å². The van der Waals surface area contributed by atoms with Gasteiger partial charge in [0.25, 0.3) is 11.8 Å². The van der Waals surface area contributed by atoms with Gasteiger partial charge in [-0.25, -0.2) is 9.18 Å². The third kappa shape index (κ3) is 2.06. The summed E-state index contributed by atoms with van der Waals surface area (Å²) in [6.45, 7) is 1.95. The van der Waals surface area contributed by atoms with E-state index in [1.165, 1.54) is 17.0 Å². The molecule has 1 saturated heterocycles. The minimum absolute atomic E-state index is 0.102. The van der Waals surface area contributed by atoms with Crippen molar-refractivity contribution in [2.24, 2.45) is 0 Å². The van der Waals surface area contributed by atoms with Crippen LogP contribution in [0, 0.1) is 5.82 Å². The van der Waals surface area contributed by atoms with E-state index in [-0.39, 0.29) is 13.1 Å². The molecule has 26 heavy (non-hydrogen) atoms. The van der Waals surface area contributed by atoms with E-state index in [9.17, 15) is 18.8 Å². The Labute approximate surface area is 149 Å². The Balaban J connectivity index is 1.81. The van der Waals surface area contributed by atoms with Gasteiger partial charge < -0.3 is 10.2 Å². The van der Waals surface area contributed by atoms with Gasteiger partial charge in [-0.1, -0.05) is 30.3 Å². The highest BCUT2D eigenvalue weighted by Gasteiger charge is 2.63. The number of rotatable bonds is 3. The maximum Gasteiger partial charge on any atom is 0.325 e. The monoisotopic (exact) mass is 353 g/mol. The zero-order valence-electron chi connectivity index (χ0n) is 14.0. The van der Waals surface area contributed by atoms with E-state index in [0.29, 0.717) is 16.8 Å². The van der Waals surface area contributed by atoms with Crippen LogP contribution in [0.5, 0.6) is 0 Å². The fourth-order valence-corrected chi connectivity index (χ4v) is 3.62. The van der Waals surface area contributed by atoms with Gasteiger partial charge in [0.2, 0.25) is 5.54 Å². The van der Waals surface area contributed by atoms with E-state index in [1.807, 2.05) is 0 Å². The molecule has 2 aromatic carbocycles. The summed E-state index contributed by atoms with van der Waals surface area (Å²) < 4.78 is 13.5. The number of nitrogens with one attached hydrogen (secondary N) is 1. The molecule has 1 N–H and O–H groups in total. The topological polar surface area (TPSA) is 69.7 Å². The molecule has 0 aromatic heterocycles. The number of urea groups is 1. The number of hydrogen-bond donors (Lipinski definition) is 1. The maximum atomic E-state index is 13.5. The van der Waals surface area contributed by atoms with Crippen molar-refractivity contribution < 1.29 is 18.8 Å². The number of nitrogens with zero attached hydrogens (tertiary/aromatic N) is 2. The van der Waals surface area contributed by atoms with Crippen molar-refractivity contribution in [3.63, 3.8) is 0 Å². The van der Waals surface area contributed by atoms with Crippen molar-refractivity contribution in [1.29, 1.82) is 0 Å². The summed E-state index contributed by atoms with van der Waals surface area (Å²) >= 11 is 0. The first-order chi connectivity index (χ1) is 12.5. The molecule has 4 rings (SSSR count). The van der Waals surface area contributed by atoms with Gasteiger partial charge in [-0.15, -0.1) is 0 Å². The highest BCUT2D eigenvalue weighted by Crippen LogP contribution is 2.44. The van der Waals surface area contributed by atoms with E-state index in [4.69, 9.17) is 0 Å². The second kappa shape index (κ2) is 5.66. The van der Waals surface area contributed by atoms with E-state index < -0.39 is 29.2 Å². The molecule has 1 spiro atoms. The number of likely N-dealkylation sites (N-methyl/N-ethyl adjacent to an activating group) is 1. The van der Waals surface area contributed by atoms with Crippen LogP contribution in [-0.4, -0.2) is 29.3 Å². The van der Waals surface area contributed by atoms with Crippen molar-refractivity contribution in [3.05, 3.63) is 65.5 Å². The van der Waals surface area contributed by atoms with Gasteiger partial charge in [0, 0.05) is 12.1 Å². The molecular weight excluding hydrogens is 337 g/mol. The highest BCUT2D eigenvalue weighted by atomic mass is 19.1. The van der Waals surface area contributed by atoms with Gasteiger partial charge in [-0.3, -0.25) is 14.5 Å². The fourth-order valence-electron chi connectivity index (χ4n) is 3.62. The minimum atomic E-state index is -1.74. The Kier molecular flexibility index (Phi) is 3.54. The lowest BCUT2D eigenvalue weighted by atomic mass is 9.91. The Morgan fingerprint density at radius 3 is 2.42 bits per heavy atom. The predicted molar refractivity (Wildman–Crippen MR) is 91.6 cm³/mol. The summed E-state index contributed by atoms with van der Waals surface area (Å²) in [6, 6.07) is 12.2. The van der Waals surface area contributed by atoms with Gasteiger partial charge in [-0.2, -0.15) is 0 Å². The molecule has 132 valence electrons. The van der Waals surface area contributed by atoms with Crippen molar-refractivity contribution in [2.75, 3.05) is 11.4 Å². The number of carbonyl (C=O) groups excluding carboxylic acids is 3. The molecule has 2 aliphatic rings. The average molecular weight is 353 g/mol. The number of carbonyl (C=O) groups is 3. The lowest BCUT2D eigenvalue weighted by Crippen LogP contribution is -2.52.